The average molecular weight is 522 g/mol. The molecule has 0 aliphatic carbocycles. The van der Waals surface area contributed by atoms with Crippen LogP contribution in [0.2, 0.25) is 0 Å². The Bertz CT molecular complexity index is 1390. The van der Waals surface area contributed by atoms with Crippen LogP contribution in [0.15, 0.2) is 60.0 Å². The molecule has 0 radical (unpaired) electrons. The largest absolute Gasteiger partial charge is 0.445 e. The van der Waals surface area contributed by atoms with Crippen LogP contribution < -0.4 is 5.32 Å². The van der Waals surface area contributed by atoms with Crippen molar-refractivity contribution in [1.29, 1.82) is 0 Å². The van der Waals surface area contributed by atoms with Crippen molar-refractivity contribution in [3.8, 4) is 11.3 Å². The van der Waals surface area contributed by atoms with E-state index >= 15 is 0 Å². The van der Waals surface area contributed by atoms with E-state index in [4.69, 9.17) is 4.74 Å². The lowest BCUT2D eigenvalue weighted by Crippen LogP contribution is -2.42. The molecule has 4 aromatic rings. The van der Waals surface area contributed by atoms with Crippen molar-refractivity contribution >= 4 is 28.9 Å². The van der Waals surface area contributed by atoms with Crippen molar-refractivity contribution in [2.24, 2.45) is 0 Å². The second kappa shape index (κ2) is 11.9. The molecule has 0 aliphatic rings. The van der Waals surface area contributed by atoms with Gasteiger partial charge in [0.2, 0.25) is 0 Å². The Balaban J connectivity index is 1.31. The molecule has 1 N–H and O–H groups in total. The highest BCUT2D eigenvalue weighted by atomic mass is 32.1. The van der Waals surface area contributed by atoms with Crippen LogP contribution in [0.25, 0.3) is 11.3 Å². The summed E-state index contributed by atoms with van der Waals surface area (Å²) in [5, 5.41) is 28.3. The van der Waals surface area contributed by atoms with E-state index in [1.54, 1.807) is 24.4 Å². The number of rotatable bonds is 11. The molecule has 13 heteroatoms. The number of nitro groups is 1. The maximum Gasteiger partial charge on any atom is 0.408 e. The molecule has 12 nitrogen and oxygen atoms in total. The Morgan fingerprint density at radius 1 is 1.19 bits per heavy atom. The van der Waals surface area contributed by atoms with Crippen LogP contribution in [0.1, 0.15) is 29.7 Å². The Morgan fingerprint density at radius 3 is 2.76 bits per heavy atom. The maximum absolute atomic E-state index is 12.7. The quantitative estimate of drug-likeness (QED) is 0.230. The first-order valence-electron chi connectivity index (χ1n) is 11.4. The van der Waals surface area contributed by atoms with Gasteiger partial charge in [0.25, 0.3) is 5.69 Å². The molecule has 1 atom stereocenters. The van der Waals surface area contributed by atoms with E-state index in [9.17, 15) is 19.7 Å². The number of nitrogens with zero attached hydrogens (tertiary/aromatic N) is 6. The van der Waals surface area contributed by atoms with Crippen LogP contribution in [0.5, 0.6) is 0 Å². The number of aromatic nitrogens is 5. The highest BCUT2D eigenvalue weighted by Gasteiger charge is 2.21. The van der Waals surface area contributed by atoms with Crippen molar-refractivity contribution in [2.75, 3.05) is 0 Å². The molecule has 0 spiro atoms. The molecule has 37 heavy (non-hydrogen) atoms. The number of hydrogen-bond donors (Lipinski definition) is 1. The lowest BCUT2D eigenvalue weighted by molar-refractivity contribution is -0.384. The Hall–Kier alpha value is -4.52. The molecule has 1 amide bonds. The molecule has 0 aliphatic heterocycles. The van der Waals surface area contributed by atoms with Gasteiger partial charge < -0.3 is 10.1 Å². The van der Waals surface area contributed by atoms with Crippen LogP contribution in [0.3, 0.4) is 0 Å². The lowest BCUT2D eigenvalue weighted by atomic mass is 10.1. The summed E-state index contributed by atoms with van der Waals surface area (Å²) in [7, 11) is 0. The molecule has 2 aromatic heterocycles. The Labute approximate surface area is 215 Å². The van der Waals surface area contributed by atoms with Gasteiger partial charge in [-0.3, -0.25) is 14.9 Å². The van der Waals surface area contributed by atoms with Crippen molar-refractivity contribution in [3.05, 3.63) is 86.5 Å². The topological polar surface area (TPSA) is 155 Å². The minimum atomic E-state index is -0.755. The van der Waals surface area contributed by atoms with Crippen molar-refractivity contribution in [2.45, 2.75) is 39.0 Å². The number of ether oxygens (including phenoxy) is 1. The molecule has 190 valence electrons. The summed E-state index contributed by atoms with van der Waals surface area (Å²) in [6.07, 6.45) is -0.0188. The minimum Gasteiger partial charge on any atom is -0.445 e. The standard InChI is InChI=1S/C24H23N7O5S/c1-2-19(26-24(33)36-14-16-7-4-3-5-8-16)21(32)13-30-28-22(27-29-30)12-23-25-20(15-37-23)17-9-6-10-18(11-17)31(34)35/h3-11,15,19H,2,12-14H2,1H3,(H,26,33). The fourth-order valence-corrected chi connectivity index (χ4v) is 4.22. The molecule has 4 rings (SSSR count). The van der Waals surface area contributed by atoms with Gasteiger partial charge in [0.15, 0.2) is 11.6 Å². The maximum atomic E-state index is 12.7. The van der Waals surface area contributed by atoms with E-state index in [1.165, 1.54) is 28.3 Å². The smallest absolute Gasteiger partial charge is 0.408 e. The van der Waals surface area contributed by atoms with Crippen molar-refractivity contribution in [1.82, 2.24) is 30.5 Å². The zero-order chi connectivity index (χ0) is 26.2. The molecule has 0 bridgehead atoms. The zero-order valence-electron chi connectivity index (χ0n) is 19.8. The monoisotopic (exact) mass is 521 g/mol. The summed E-state index contributed by atoms with van der Waals surface area (Å²) in [5.74, 6) is 0.0846. The Kier molecular flexibility index (Phi) is 8.26. The van der Waals surface area contributed by atoms with Crippen molar-refractivity contribution in [3.63, 3.8) is 0 Å². The summed E-state index contributed by atoms with van der Waals surface area (Å²) < 4.78 is 5.19. The molecule has 2 heterocycles. The number of hydrogen-bond acceptors (Lipinski definition) is 10. The first kappa shape index (κ1) is 25.6. The van der Waals surface area contributed by atoms with E-state index in [2.05, 4.69) is 25.7 Å². The highest BCUT2D eigenvalue weighted by Crippen LogP contribution is 2.26. The third kappa shape index (κ3) is 7.01. The van der Waals surface area contributed by atoms with Crippen LogP contribution in [-0.4, -0.2) is 48.0 Å². The summed E-state index contributed by atoms with van der Waals surface area (Å²) in [4.78, 5) is 41.1. The zero-order valence-corrected chi connectivity index (χ0v) is 20.6. The number of nitro benzene ring substituents is 1. The average Bonchev–Trinajstić information content (AvgIpc) is 3.56. The SMILES string of the molecule is CCC(NC(=O)OCc1ccccc1)C(=O)Cn1nnc(Cc2nc(-c3cccc([N+](=O)[O-])c3)cs2)n1. The first-order valence-corrected chi connectivity index (χ1v) is 12.2. The van der Waals surface area contributed by atoms with Crippen LogP contribution in [-0.2, 0) is 29.1 Å². The van der Waals surface area contributed by atoms with Crippen LogP contribution >= 0.6 is 11.3 Å². The first-order chi connectivity index (χ1) is 17.9. The van der Waals surface area contributed by atoms with Gasteiger partial charge >= 0.3 is 6.09 Å². The molecule has 2 aromatic carbocycles. The number of non-ortho nitro benzene ring substituents is 1. The Morgan fingerprint density at radius 2 is 2.00 bits per heavy atom. The number of alkyl carbamates (subject to hydrolysis) is 1. The van der Waals surface area contributed by atoms with Gasteiger partial charge in [-0.25, -0.2) is 9.78 Å². The van der Waals surface area contributed by atoms with Gasteiger partial charge in [-0.2, -0.15) is 4.80 Å². The second-order valence-electron chi connectivity index (χ2n) is 7.98. The van der Waals surface area contributed by atoms with E-state index in [1.807, 2.05) is 30.3 Å². The minimum absolute atomic E-state index is 0.00865. The van der Waals surface area contributed by atoms with E-state index in [0.717, 1.165) is 5.56 Å². The number of benzene rings is 2. The number of amides is 1. The molecule has 1 unspecified atom stereocenters. The predicted molar refractivity (Wildman–Crippen MR) is 134 cm³/mol. The van der Waals surface area contributed by atoms with Crippen molar-refractivity contribution < 1.29 is 19.2 Å². The van der Waals surface area contributed by atoms with Gasteiger partial charge in [0.05, 0.1) is 23.1 Å². The molecular formula is C24H23N7O5S. The van der Waals surface area contributed by atoms with E-state index in [0.29, 0.717) is 28.5 Å². The third-order valence-electron chi connectivity index (χ3n) is 5.31. The molecular weight excluding hydrogens is 498 g/mol. The van der Waals surface area contributed by atoms with Crippen LogP contribution in [0.4, 0.5) is 10.5 Å². The van der Waals surface area contributed by atoms with Gasteiger partial charge in [0.1, 0.15) is 18.2 Å². The predicted octanol–water partition coefficient (Wildman–Crippen LogP) is 3.57. The fourth-order valence-electron chi connectivity index (χ4n) is 3.42. The van der Waals surface area contributed by atoms with Gasteiger partial charge in [-0.1, -0.05) is 49.4 Å². The fraction of sp³-hybridized carbons (Fsp3) is 0.250. The number of carbonyl (C=O) groups excluding carboxylic acids is 2. The number of thiazole rings is 1. The van der Waals surface area contributed by atoms with Gasteiger partial charge in [-0.05, 0) is 17.2 Å². The number of nitrogens with one attached hydrogen (secondary N) is 1. The summed E-state index contributed by atoms with van der Waals surface area (Å²) >= 11 is 1.37. The van der Waals surface area contributed by atoms with Gasteiger partial charge in [-0.15, -0.1) is 21.5 Å². The number of tetrazole rings is 1. The summed E-state index contributed by atoms with van der Waals surface area (Å²) in [5.41, 5.74) is 2.08. The number of ketones is 1. The van der Waals surface area contributed by atoms with Crippen LogP contribution in [0, 0.1) is 10.1 Å². The molecule has 0 fully saturated rings. The molecule has 0 saturated heterocycles. The second-order valence-corrected chi connectivity index (χ2v) is 8.92. The van der Waals surface area contributed by atoms with E-state index in [-0.39, 0.29) is 31.0 Å². The molecule has 0 saturated carbocycles. The summed E-state index contributed by atoms with van der Waals surface area (Å²) in [6.45, 7) is 1.72. The third-order valence-corrected chi connectivity index (χ3v) is 6.16. The number of carbonyl (C=O) groups is 2. The lowest BCUT2D eigenvalue weighted by Gasteiger charge is -2.15. The number of Topliss-reactive ketones (excluding diaryl/α,β-unsaturated/α-hetero) is 1. The normalized spacial score (nSPS) is 11.6. The summed E-state index contributed by atoms with van der Waals surface area (Å²) in [6, 6.07) is 14.7. The van der Waals surface area contributed by atoms with E-state index < -0.39 is 17.1 Å². The highest BCUT2D eigenvalue weighted by molar-refractivity contribution is 7.10. The van der Waals surface area contributed by atoms with Gasteiger partial charge in [0, 0.05) is 23.1 Å².